The molecule has 1 aliphatic rings. The highest BCUT2D eigenvalue weighted by atomic mass is 16.5. The zero-order valence-corrected chi connectivity index (χ0v) is 11.3. The number of rotatable bonds is 5. The first kappa shape index (κ1) is 13.6. The van der Waals surface area contributed by atoms with Gasteiger partial charge in [0.25, 0.3) is 0 Å². The van der Waals surface area contributed by atoms with Crippen LogP contribution in [-0.2, 0) is 4.74 Å². The van der Waals surface area contributed by atoms with Gasteiger partial charge < -0.3 is 15.0 Å². The Kier molecular flexibility index (Phi) is 4.98. The fourth-order valence-corrected chi connectivity index (χ4v) is 2.03. The van der Waals surface area contributed by atoms with Crippen LogP contribution in [0.4, 0.5) is 5.69 Å². The summed E-state index contributed by atoms with van der Waals surface area (Å²) in [5.41, 5.74) is 1.61. The van der Waals surface area contributed by atoms with Crippen molar-refractivity contribution in [3.05, 3.63) is 42.1 Å². The monoisotopic (exact) mass is 260 g/mol. The number of hydrogen-bond donors (Lipinski definition) is 1. The van der Waals surface area contributed by atoms with Crippen molar-refractivity contribution < 1.29 is 9.53 Å². The molecule has 0 spiro atoms. The quantitative estimate of drug-likeness (QED) is 0.650. The topological polar surface area (TPSA) is 41.6 Å². The minimum absolute atomic E-state index is 0.0306. The summed E-state index contributed by atoms with van der Waals surface area (Å²) in [6, 6.07) is 7.60. The molecule has 0 saturated carbocycles. The normalized spacial score (nSPS) is 15.7. The van der Waals surface area contributed by atoms with Crippen molar-refractivity contribution in [3.63, 3.8) is 0 Å². The number of allylic oxidation sites excluding steroid dienone is 1. The molecule has 0 bridgehead atoms. The average Bonchev–Trinajstić information content (AvgIpc) is 2.47. The molecule has 0 radical (unpaired) electrons. The van der Waals surface area contributed by atoms with E-state index in [9.17, 15) is 4.79 Å². The fourth-order valence-electron chi connectivity index (χ4n) is 2.03. The molecule has 0 aliphatic carbocycles. The molecule has 1 fully saturated rings. The van der Waals surface area contributed by atoms with Crippen LogP contribution in [0.3, 0.4) is 0 Å². The Hall–Kier alpha value is -1.81. The van der Waals surface area contributed by atoms with Crippen molar-refractivity contribution in [2.24, 2.45) is 0 Å². The van der Waals surface area contributed by atoms with Gasteiger partial charge in [-0.25, -0.2) is 0 Å². The Labute approximate surface area is 114 Å². The molecule has 1 N–H and O–H groups in total. The summed E-state index contributed by atoms with van der Waals surface area (Å²) in [6.45, 7) is 5.97. The number of ether oxygens (including phenoxy) is 1. The van der Waals surface area contributed by atoms with Gasteiger partial charge in [-0.3, -0.25) is 4.79 Å². The highest BCUT2D eigenvalue weighted by molar-refractivity contribution is 6.08. The summed E-state index contributed by atoms with van der Waals surface area (Å²) < 4.78 is 5.27. The van der Waals surface area contributed by atoms with Gasteiger partial charge in [-0.15, -0.1) is 0 Å². The Morgan fingerprint density at radius 1 is 1.37 bits per heavy atom. The summed E-state index contributed by atoms with van der Waals surface area (Å²) in [4.78, 5) is 14.3. The van der Waals surface area contributed by atoms with Crippen LogP contribution in [0.25, 0.3) is 0 Å². The minimum Gasteiger partial charge on any atom is -0.385 e. The van der Waals surface area contributed by atoms with Crippen LogP contribution < -0.4 is 5.32 Å². The van der Waals surface area contributed by atoms with E-state index in [0.717, 1.165) is 38.5 Å². The number of carbonyl (C=O) groups is 1. The number of hydrogen-bond acceptors (Lipinski definition) is 4. The molecule has 4 heteroatoms. The lowest BCUT2D eigenvalue weighted by molar-refractivity contribution is 0.0591. The molecule has 19 heavy (non-hydrogen) atoms. The minimum atomic E-state index is 0.0306. The van der Waals surface area contributed by atoms with Crippen molar-refractivity contribution in [1.82, 2.24) is 4.90 Å². The molecule has 0 atom stereocenters. The predicted molar refractivity (Wildman–Crippen MR) is 76.5 cm³/mol. The number of benzene rings is 1. The van der Waals surface area contributed by atoms with E-state index < -0.39 is 0 Å². The molecule has 1 heterocycles. The molecule has 1 aliphatic heterocycles. The zero-order valence-electron chi connectivity index (χ0n) is 11.3. The molecule has 0 unspecified atom stereocenters. The van der Waals surface area contributed by atoms with Gasteiger partial charge in [0.2, 0.25) is 0 Å². The van der Waals surface area contributed by atoms with Gasteiger partial charge in [0.05, 0.1) is 13.2 Å². The van der Waals surface area contributed by atoms with Crippen molar-refractivity contribution in [1.29, 1.82) is 0 Å². The third-order valence-electron chi connectivity index (χ3n) is 3.04. The molecule has 1 aromatic carbocycles. The predicted octanol–water partition coefficient (Wildman–Crippen LogP) is 2.15. The largest absolute Gasteiger partial charge is 0.385 e. The first-order valence-corrected chi connectivity index (χ1v) is 6.68. The van der Waals surface area contributed by atoms with Gasteiger partial charge in [0.15, 0.2) is 5.78 Å². The smallest absolute Gasteiger partial charge is 0.189 e. The standard InChI is InChI=1S/C15H20N2O2/c1-2-16-14-6-4-3-5-13(14)15(18)7-8-17-9-11-19-12-10-17/h3-8,16H,2,9-12H2,1H3/b8-7+. The molecule has 4 nitrogen and oxygen atoms in total. The van der Waals surface area contributed by atoms with Crippen LogP contribution >= 0.6 is 0 Å². The van der Waals surface area contributed by atoms with E-state index in [1.54, 1.807) is 6.08 Å². The molecule has 1 saturated heterocycles. The van der Waals surface area contributed by atoms with E-state index in [1.165, 1.54) is 0 Å². The number of ketones is 1. The Morgan fingerprint density at radius 2 is 2.11 bits per heavy atom. The van der Waals surface area contributed by atoms with Crippen LogP contribution in [0.2, 0.25) is 0 Å². The Balaban J connectivity index is 2.04. The number of nitrogens with one attached hydrogen (secondary N) is 1. The number of carbonyl (C=O) groups excluding carboxylic acids is 1. The highest BCUT2D eigenvalue weighted by Crippen LogP contribution is 2.16. The second kappa shape index (κ2) is 6.95. The van der Waals surface area contributed by atoms with E-state index in [0.29, 0.717) is 5.56 Å². The van der Waals surface area contributed by atoms with E-state index in [-0.39, 0.29) is 5.78 Å². The molecule has 102 valence electrons. The van der Waals surface area contributed by atoms with E-state index in [4.69, 9.17) is 4.74 Å². The molecular formula is C15H20N2O2. The van der Waals surface area contributed by atoms with Crippen molar-refractivity contribution in [2.75, 3.05) is 38.2 Å². The molecule has 0 aromatic heterocycles. The summed E-state index contributed by atoms with van der Waals surface area (Å²) in [5.74, 6) is 0.0306. The lowest BCUT2D eigenvalue weighted by Crippen LogP contribution is -2.32. The first-order valence-electron chi connectivity index (χ1n) is 6.68. The van der Waals surface area contributed by atoms with Crippen LogP contribution in [0, 0.1) is 0 Å². The van der Waals surface area contributed by atoms with E-state index >= 15 is 0 Å². The average molecular weight is 260 g/mol. The van der Waals surface area contributed by atoms with E-state index in [2.05, 4.69) is 10.2 Å². The fraction of sp³-hybridized carbons (Fsp3) is 0.400. The Morgan fingerprint density at radius 3 is 2.84 bits per heavy atom. The second-order valence-electron chi connectivity index (χ2n) is 4.40. The van der Waals surface area contributed by atoms with E-state index in [1.807, 2.05) is 37.4 Å². The second-order valence-corrected chi connectivity index (χ2v) is 4.40. The van der Waals surface area contributed by atoms with Gasteiger partial charge in [0, 0.05) is 43.2 Å². The highest BCUT2D eigenvalue weighted by Gasteiger charge is 2.09. The van der Waals surface area contributed by atoms with Crippen LogP contribution in [0.1, 0.15) is 17.3 Å². The van der Waals surface area contributed by atoms with Crippen LogP contribution in [0.15, 0.2) is 36.5 Å². The van der Waals surface area contributed by atoms with Gasteiger partial charge in [-0.1, -0.05) is 12.1 Å². The zero-order chi connectivity index (χ0) is 13.5. The Bertz CT molecular complexity index is 451. The summed E-state index contributed by atoms with van der Waals surface area (Å²) in [7, 11) is 0. The van der Waals surface area contributed by atoms with Gasteiger partial charge >= 0.3 is 0 Å². The maximum absolute atomic E-state index is 12.2. The van der Waals surface area contributed by atoms with Crippen molar-refractivity contribution >= 4 is 11.5 Å². The SMILES string of the molecule is CCNc1ccccc1C(=O)/C=C/N1CCOCC1. The first-order chi connectivity index (χ1) is 9.31. The molecular weight excluding hydrogens is 240 g/mol. The molecule has 0 amide bonds. The molecule has 2 rings (SSSR count). The van der Waals surface area contributed by atoms with Crippen molar-refractivity contribution in [3.8, 4) is 0 Å². The van der Waals surface area contributed by atoms with Crippen LogP contribution in [0.5, 0.6) is 0 Å². The molecule has 1 aromatic rings. The van der Waals surface area contributed by atoms with Crippen molar-refractivity contribution in [2.45, 2.75) is 6.92 Å². The number of nitrogens with zero attached hydrogens (tertiary/aromatic N) is 1. The van der Waals surface area contributed by atoms with Gasteiger partial charge in [-0.2, -0.15) is 0 Å². The summed E-state index contributed by atoms with van der Waals surface area (Å²) in [6.07, 6.45) is 3.51. The third kappa shape index (κ3) is 3.83. The number of anilines is 1. The number of para-hydroxylation sites is 1. The summed E-state index contributed by atoms with van der Waals surface area (Å²) in [5, 5.41) is 3.21. The lowest BCUT2D eigenvalue weighted by atomic mass is 10.1. The number of morpholine rings is 1. The maximum Gasteiger partial charge on any atom is 0.189 e. The third-order valence-corrected chi connectivity index (χ3v) is 3.04. The lowest BCUT2D eigenvalue weighted by Gasteiger charge is -2.24. The van der Waals surface area contributed by atoms with Crippen LogP contribution in [-0.4, -0.2) is 43.5 Å². The summed E-state index contributed by atoms with van der Waals surface area (Å²) >= 11 is 0. The van der Waals surface area contributed by atoms with Gasteiger partial charge in [-0.05, 0) is 19.1 Å². The van der Waals surface area contributed by atoms with Gasteiger partial charge in [0.1, 0.15) is 0 Å². The maximum atomic E-state index is 12.2.